The van der Waals surface area contributed by atoms with Gasteiger partial charge in [-0.05, 0) is 11.6 Å². The zero-order chi connectivity index (χ0) is 14.9. The maximum atomic E-state index is 12.4. The van der Waals surface area contributed by atoms with Crippen molar-refractivity contribution in [3.05, 3.63) is 77.9 Å². The zero-order valence-electron chi connectivity index (χ0n) is 11.9. The molecule has 2 aromatic carbocycles. The fourth-order valence-electron chi connectivity index (χ4n) is 1.89. The molecule has 0 aliphatic carbocycles. The van der Waals surface area contributed by atoms with Crippen molar-refractivity contribution >= 4 is 11.9 Å². The summed E-state index contributed by atoms with van der Waals surface area (Å²) in [5.74, 6) is -0.0835. The first-order chi connectivity index (χ1) is 10.3. The van der Waals surface area contributed by atoms with E-state index < -0.39 is 6.10 Å². The van der Waals surface area contributed by atoms with Gasteiger partial charge in [0, 0.05) is 12.7 Å². The van der Waals surface area contributed by atoms with Crippen molar-refractivity contribution in [2.75, 3.05) is 13.9 Å². The van der Waals surface area contributed by atoms with Gasteiger partial charge in [-0.25, -0.2) is 0 Å². The van der Waals surface area contributed by atoms with Crippen LogP contribution in [0.3, 0.4) is 0 Å². The molecule has 0 bridgehead atoms. The molecule has 3 nitrogen and oxygen atoms in total. The fourth-order valence-corrected chi connectivity index (χ4v) is 1.89. The van der Waals surface area contributed by atoms with E-state index >= 15 is 0 Å². The summed E-state index contributed by atoms with van der Waals surface area (Å²) in [6.07, 6.45) is 2.97. The lowest BCUT2D eigenvalue weighted by molar-refractivity contribution is -0.0456. The molecule has 1 atom stereocenters. The second-order valence-corrected chi connectivity index (χ2v) is 4.49. The van der Waals surface area contributed by atoms with E-state index in [0.717, 1.165) is 5.56 Å². The Morgan fingerprint density at radius 2 is 1.67 bits per heavy atom. The fraction of sp³-hybridized carbons (Fsp3) is 0.167. The number of methoxy groups -OCH3 is 1. The van der Waals surface area contributed by atoms with Crippen LogP contribution in [0.1, 0.15) is 15.9 Å². The molecule has 0 aliphatic heterocycles. The molecule has 2 aromatic rings. The topological polar surface area (TPSA) is 35.5 Å². The van der Waals surface area contributed by atoms with Gasteiger partial charge in [-0.15, -0.1) is 0 Å². The van der Waals surface area contributed by atoms with E-state index in [9.17, 15) is 4.79 Å². The molecule has 0 saturated heterocycles. The van der Waals surface area contributed by atoms with Crippen LogP contribution >= 0.6 is 0 Å². The van der Waals surface area contributed by atoms with Crippen LogP contribution in [0.4, 0.5) is 0 Å². The molecule has 0 aromatic heterocycles. The van der Waals surface area contributed by atoms with Crippen LogP contribution in [-0.4, -0.2) is 25.8 Å². The Balaban J connectivity index is 2.14. The van der Waals surface area contributed by atoms with E-state index in [-0.39, 0.29) is 12.6 Å². The van der Waals surface area contributed by atoms with Gasteiger partial charge in [-0.2, -0.15) is 0 Å². The predicted molar refractivity (Wildman–Crippen MR) is 83.0 cm³/mol. The molecule has 0 amide bonds. The largest absolute Gasteiger partial charge is 0.359 e. The average molecular weight is 282 g/mol. The highest BCUT2D eigenvalue weighted by Crippen LogP contribution is 2.10. The molecular weight excluding hydrogens is 264 g/mol. The first-order valence-electron chi connectivity index (χ1n) is 6.74. The maximum Gasteiger partial charge on any atom is 0.195 e. The van der Waals surface area contributed by atoms with Crippen molar-refractivity contribution in [2.24, 2.45) is 0 Å². The summed E-state index contributed by atoms with van der Waals surface area (Å²) < 4.78 is 10.4. The van der Waals surface area contributed by atoms with Crippen LogP contribution in [0.15, 0.2) is 66.7 Å². The van der Waals surface area contributed by atoms with E-state index in [1.165, 1.54) is 7.11 Å². The summed E-state index contributed by atoms with van der Waals surface area (Å²) in [6.45, 7) is 0.0718. The highest BCUT2D eigenvalue weighted by Gasteiger charge is 2.17. The van der Waals surface area contributed by atoms with Gasteiger partial charge in [-0.3, -0.25) is 4.79 Å². The normalized spacial score (nSPS) is 12.4. The minimum atomic E-state index is -0.660. The number of rotatable bonds is 7. The molecule has 0 unspecified atom stereocenters. The lowest BCUT2D eigenvalue weighted by atomic mass is 10.0. The number of hydrogen-bond donors (Lipinski definition) is 0. The van der Waals surface area contributed by atoms with Gasteiger partial charge < -0.3 is 9.47 Å². The summed E-state index contributed by atoms with van der Waals surface area (Å²) >= 11 is 0. The molecule has 0 radical (unpaired) electrons. The van der Waals surface area contributed by atoms with Crippen molar-refractivity contribution in [3.8, 4) is 0 Å². The summed E-state index contributed by atoms with van der Waals surface area (Å²) in [5, 5.41) is 0. The van der Waals surface area contributed by atoms with Crippen LogP contribution < -0.4 is 0 Å². The van der Waals surface area contributed by atoms with Crippen LogP contribution in [0, 0.1) is 0 Å². The summed E-state index contributed by atoms with van der Waals surface area (Å²) in [4.78, 5) is 12.4. The first-order valence-corrected chi connectivity index (χ1v) is 6.74. The molecule has 0 fully saturated rings. The van der Waals surface area contributed by atoms with E-state index in [0.29, 0.717) is 5.56 Å². The molecule has 0 saturated carbocycles. The van der Waals surface area contributed by atoms with E-state index in [2.05, 4.69) is 0 Å². The Bertz CT molecular complexity index is 576. The van der Waals surface area contributed by atoms with Crippen LogP contribution in [0.5, 0.6) is 0 Å². The quantitative estimate of drug-likeness (QED) is 0.575. The monoisotopic (exact) mass is 282 g/mol. The number of Topliss-reactive ketones (excluding diaryl/α,β-unsaturated/α-hetero) is 1. The SMILES string of the molecule is COCO[C@@H](/C=C/c1ccccc1)C(=O)c1ccccc1. The molecular formula is C18H18O3. The van der Waals surface area contributed by atoms with Gasteiger partial charge in [0.2, 0.25) is 0 Å². The van der Waals surface area contributed by atoms with Gasteiger partial charge >= 0.3 is 0 Å². The molecule has 2 rings (SSSR count). The second kappa shape index (κ2) is 8.15. The Morgan fingerprint density at radius 3 is 2.29 bits per heavy atom. The number of benzene rings is 2. The first kappa shape index (κ1) is 15.2. The lowest BCUT2D eigenvalue weighted by Gasteiger charge is -2.12. The number of hydrogen-bond acceptors (Lipinski definition) is 3. The molecule has 21 heavy (non-hydrogen) atoms. The van der Waals surface area contributed by atoms with Crippen LogP contribution in [0.2, 0.25) is 0 Å². The minimum Gasteiger partial charge on any atom is -0.359 e. The van der Waals surface area contributed by atoms with Crippen molar-refractivity contribution in [1.29, 1.82) is 0 Å². The molecule has 0 spiro atoms. The Labute approximate surface area is 124 Å². The van der Waals surface area contributed by atoms with Gasteiger partial charge in [0.25, 0.3) is 0 Å². The van der Waals surface area contributed by atoms with E-state index in [1.54, 1.807) is 18.2 Å². The second-order valence-electron chi connectivity index (χ2n) is 4.49. The predicted octanol–water partition coefficient (Wildman–Crippen LogP) is 3.57. The molecule has 0 aliphatic rings. The maximum absolute atomic E-state index is 12.4. The smallest absolute Gasteiger partial charge is 0.195 e. The highest BCUT2D eigenvalue weighted by molar-refractivity contribution is 6.01. The summed E-state index contributed by atoms with van der Waals surface area (Å²) in [5.41, 5.74) is 1.64. The average Bonchev–Trinajstić information content (AvgIpc) is 2.56. The third-order valence-corrected chi connectivity index (χ3v) is 2.95. The third kappa shape index (κ3) is 4.67. The Hall–Kier alpha value is -2.23. The Morgan fingerprint density at radius 1 is 1.05 bits per heavy atom. The van der Waals surface area contributed by atoms with Gasteiger partial charge in [-0.1, -0.05) is 66.7 Å². The number of ketones is 1. The van der Waals surface area contributed by atoms with Crippen molar-refractivity contribution in [1.82, 2.24) is 0 Å². The Kier molecular flexibility index (Phi) is 5.88. The number of carbonyl (C=O) groups is 1. The number of carbonyl (C=O) groups excluding carboxylic acids is 1. The molecule has 0 heterocycles. The van der Waals surface area contributed by atoms with E-state index in [4.69, 9.17) is 9.47 Å². The standard InChI is InChI=1S/C18H18O3/c1-20-14-21-17(13-12-15-8-4-2-5-9-15)18(19)16-10-6-3-7-11-16/h2-13,17H,14H2,1H3/b13-12+/t17-/m0/s1. The lowest BCUT2D eigenvalue weighted by Crippen LogP contribution is -2.23. The van der Waals surface area contributed by atoms with Gasteiger partial charge in [0.15, 0.2) is 5.78 Å². The van der Waals surface area contributed by atoms with Crippen molar-refractivity contribution in [3.63, 3.8) is 0 Å². The van der Waals surface area contributed by atoms with Gasteiger partial charge in [0.1, 0.15) is 12.9 Å². The zero-order valence-corrected chi connectivity index (χ0v) is 11.9. The van der Waals surface area contributed by atoms with E-state index in [1.807, 2.05) is 54.6 Å². The van der Waals surface area contributed by atoms with Crippen molar-refractivity contribution < 1.29 is 14.3 Å². The highest BCUT2D eigenvalue weighted by atomic mass is 16.7. The van der Waals surface area contributed by atoms with Gasteiger partial charge in [0.05, 0.1) is 0 Å². The number of ether oxygens (including phenoxy) is 2. The molecule has 0 N–H and O–H groups in total. The minimum absolute atomic E-state index is 0.0718. The molecule has 3 heteroatoms. The summed E-state index contributed by atoms with van der Waals surface area (Å²) in [6, 6.07) is 18.9. The summed E-state index contributed by atoms with van der Waals surface area (Å²) in [7, 11) is 1.53. The third-order valence-electron chi connectivity index (χ3n) is 2.95. The van der Waals surface area contributed by atoms with Crippen LogP contribution in [0.25, 0.3) is 6.08 Å². The van der Waals surface area contributed by atoms with Crippen LogP contribution in [-0.2, 0) is 9.47 Å². The molecule has 108 valence electrons. The van der Waals surface area contributed by atoms with Crippen molar-refractivity contribution in [2.45, 2.75) is 6.10 Å².